The molecular formula is C34H33N3O4. The summed E-state index contributed by atoms with van der Waals surface area (Å²) in [6, 6.07) is 31.3. The van der Waals surface area contributed by atoms with Crippen LogP contribution in [0.25, 0.3) is 22.3 Å². The van der Waals surface area contributed by atoms with Crippen LogP contribution in [-0.4, -0.2) is 36.7 Å². The van der Waals surface area contributed by atoms with Gasteiger partial charge in [-0.1, -0.05) is 104 Å². The van der Waals surface area contributed by atoms with Crippen molar-refractivity contribution in [3.8, 4) is 22.3 Å². The van der Waals surface area contributed by atoms with E-state index in [-0.39, 0.29) is 25.0 Å². The average Bonchev–Trinajstić information content (AvgIpc) is 3.51. The third-order valence-electron chi connectivity index (χ3n) is 8.52. The van der Waals surface area contributed by atoms with Crippen molar-refractivity contribution >= 4 is 11.9 Å². The third-order valence-corrected chi connectivity index (χ3v) is 8.52. The minimum atomic E-state index is -2.14. The van der Waals surface area contributed by atoms with Crippen LogP contribution in [0.2, 0.25) is 0 Å². The molecule has 0 saturated carbocycles. The van der Waals surface area contributed by atoms with Crippen molar-refractivity contribution in [2.45, 2.75) is 36.8 Å². The first-order chi connectivity index (χ1) is 20.0. The monoisotopic (exact) mass is 547 g/mol. The van der Waals surface area contributed by atoms with E-state index in [0.717, 1.165) is 44.5 Å². The van der Waals surface area contributed by atoms with Crippen LogP contribution < -0.4 is 17.0 Å². The topological polar surface area (TPSA) is 117 Å². The SMILES string of the molecule is CCC(NN)C(N)(C(=O)OCC1c2ccccc2-c2ccccc21)C(=O)OCC1c2ccccc2-c2ccccc21. The van der Waals surface area contributed by atoms with Crippen LogP contribution in [0.3, 0.4) is 0 Å². The van der Waals surface area contributed by atoms with Crippen LogP contribution in [0.5, 0.6) is 0 Å². The quantitative estimate of drug-likeness (QED) is 0.121. The fourth-order valence-corrected chi connectivity index (χ4v) is 6.37. The molecule has 4 aromatic rings. The Balaban J connectivity index is 1.23. The van der Waals surface area contributed by atoms with Crippen LogP contribution in [-0.2, 0) is 19.1 Å². The molecule has 0 spiro atoms. The zero-order valence-corrected chi connectivity index (χ0v) is 22.9. The Kier molecular flexibility index (Phi) is 7.17. The van der Waals surface area contributed by atoms with Gasteiger partial charge in [-0.25, -0.2) is 9.59 Å². The lowest BCUT2D eigenvalue weighted by molar-refractivity contribution is -0.166. The van der Waals surface area contributed by atoms with E-state index in [2.05, 4.69) is 29.7 Å². The highest BCUT2D eigenvalue weighted by Crippen LogP contribution is 2.46. The molecule has 0 amide bonds. The van der Waals surface area contributed by atoms with Gasteiger partial charge in [0.15, 0.2) is 0 Å². The van der Waals surface area contributed by atoms with Gasteiger partial charge in [0.1, 0.15) is 13.2 Å². The number of ether oxygens (including phenoxy) is 2. The van der Waals surface area contributed by atoms with Gasteiger partial charge >= 0.3 is 11.9 Å². The van der Waals surface area contributed by atoms with Crippen molar-refractivity contribution in [1.29, 1.82) is 0 Å². The van der Waals surface area contributed by atoms with Crippen molar-refractivity contribution in [3.05, 3.63) is 119 Å². The van der Waals surface area contributed by atoms with Crippen molar-refractivity contribution in [2.24, 2.45) is 11.6 Å². The zero-order chi connectivity index (χ0) is 28.6. The number of benzene rings is 4. The van der Waals surface area contributed by atoms with Crippen LogP contribution in [0.15, 0.2) is 97.1 Å². The molecule has 208 valence electrons. The van der Waals surface area contributed by atoms with Crippen LogP contribution in [0.1, 0.15) is 47.4 Å². The highest BCUT2D eigenvalue weighted by atomic mass is 16.6. The molecular weight excluding hydrogens is 514 g/mol. The van der Waals surface area contributed by atoms with Crippen LogP contribution in [0.4, 0.5) is 0 Å². The van der Waals surface area contributed by atoms with E-state index in [1.807, 2.05) is 72.8 Å². The van der Waals surface area contributed by atoms with Crippen molar-refractivity contribution in [2.75, 3.05) is 13.2 Å². The summed E-state index contributed by atoms with van der Waals surface area (Å²) < 4.78 is 11.7. The maximum atomic E-state index is 13.7. The summed E-state index contributed by atoms with van der Waals surface area (Å²) in [6.45, 7) is 1.85. The normalized spacial score (nSPS) is 14.5. The van der Waals surface area contributed by atoms with E-state index in [1.54, 1.807) is 6.92 Å². The second-order valence-electron chi connectivity index (χ2n) is 10.6. The number of nitrogens with two attached hydrogens (primary N) is 2. The maximum Gasteiger partial charge on any atom is 0.339 e. The second-order valence-corrected chi connectivity index (χ2v) is 10.6. The molecule has 41 heavy (non-hydrogen) atoms. The van der Waals surface area contributed by atoms with Crippen LogP contribution in [0, 0.1) is 0 Å². The molecule has 2 aliphatic carbocycles. The second kappa shape index (κ2) is 10.9. The predicted octanol–water partition coefficient (Wildman–Crippen LogP) is 4.64. The van der Waals surface area contributed by atoms with Crippen LogP contribution >= 0.6 is 0 Å². The Hall–Kier alpha value is -4.30. The predicted molar refractivity (Wildman–Crippen MR) is 158 cm³/mol. The molecule has 0 saturated heterocycles. The van der Waals surface area contributed by atoms with E-state index in [4.69, 9.17) is 21.1 Å². The van der Waals surface area contributed by atoms with Gasteiger partial charge in [0.25, 0.3) is 0 Å². The first kappa shape index (κ1) is 26.9. The summed E-state index contributed by atoms with van der Waals surface area (Å²) in [5, 5.41) is 0. The molecule has 2 aliphatic rings. The molecule has 0 fully saturated rings. The lowest BCUT2D eigenvalue weighted by atomic mass is 9.89. The van der Waals surface area contributed by atoms with Gasteiger partial charge in [-0.15, -0.1) is 0 Å². The number of fused-ring (bicyclic) bond motifs is 6. The first-order valence-electron chi connectivity index (χ1n) is 13.9. The van der Waals surface area contributed by atoms with Gasteiger partial charge in [-0.3, -0.25) is 11.3 Å². The number of carbonyl (C=O) groups excluding carboxylic acids is 2. The number of rotatable bonds is 9. The molecule has 0 radical (unpaired) electrons. The van der Waals surface area contributed by atoms with E-state index in [9.17, 15) is 9.59 Å². The molecule has 0 aromatic heterocycles. The maximum absolute atomic E-state index is 13.7. The lowest BCUT2D eigenvalue weighted by Crippen LogP contribution is -2.69. The van der Waals surface area contributed by atoms with Gasteiger partial charge < -0.3 is 15.2 Å². The Morgan fingerprint density at radius 1 is 0.683 bits per heavy atom. The first-order valence-corrected chi connectivity index (χ1v) is 13.9. The minimum absolute atomic E-state index is 0.0312. The van der Waals surface area contributed by atoms with Gasteiger partial charge in [-0.2, -0.15) is 0 Å². The third kappa shape index (κ3) is 4.43. The standard InChI is InChI=1S/C34H33N3O4/c1-2-31(37-36)34(35,32(38)40-19-29-25-15-7-3-11-21(25)22-12-4-8-16-26(22)29)33(39)41-20-30-27-17-9-5-13-23(27)24-14-6-10-18-28(24)30/h3-18,29-31,37H,2,19-20,35-36H2,1H3. The number of hydrazine groups is 1. The summed E-state index contributed by atoms with van der Waals surface area (Å²) in [6.07, 6.45) is 0.307. The minimum Gasteiger partial charge on any atom is -0.463 e. The Morgan fingerprint density at radius 2 is 1.00 bits per heavy atom. The van der Waals surface area contributed by atoms with E-state index >= 15 is 0 Å². The molecule has 0 bridgehead atoms. The lowest BCUT2D eigenvalue weighted by Gasteiger charge is -2.32. The van der Waals surface area contributed by atoms with E-state index < -0.39 is 23.5 Å². The van der Waals surface area contributed by atoms with Crippen molar-refractivity contribution in [1.82, 2.24) is 5.43 Å². The van der Waals surface area contributed by atoms with E-state index in [1.165, 1.54) is 0 Å². The zero-order valence-electron chi connectivity index (χ0n) is 22.9. The summed E-state index contributed by atoms with van der Waals surface area (Å²) in [4.78, 5) is 27.4. The smallest absolute Gasteiger partial charge is 0.339 e. The molecule has 7 nitrogen and oxygen atoms in total. The Morgan fingerprint density at radius 3 is 1.29 bits per heavy atom. The Bertz CT molecular complexity index is 1410. The summed E-state index contributed by atoms with van der Waals surface area (Å²) in [7, 11) is 0. The van der Waals surface area contributed by atoms with Gasteiger partial charge in [0.05, 0.1) is 6.04 Å². The summed E-state index contributed by atoms with van der Waals surface area (Å²) in [5.41, 5.74) is 15.7. The van der Waals surface area contributed by atoms with E-state index in [0.29, 0.717) is 6.42 Å². The fourth-order valence-electron chi connectivity index (χ4n) is 6.37. The number of esters is 2. The average molecular weight is 548 g/mol. The summed E-state index contributed by atoms with van der Waals surface area (Å²) in [5.74, 6) is 3.69. The molecule has 6 rings (SSSR count). The molecule has 1 atom stereocenters. The summed E-state index contributed by atoms with van der Waals surface area (Å²) >= 11 is 0. The van der Waals surface area contributed by atoms with Gasteiger partial charge in [0, 0.05) is 11.8 Å². The van der Waals surface area contributed by atoms with Crippen molar-refractivity contribution in [3.63, 3.8) is 0 Å². The Labute approximate surface area is 239 Å². The highest BCUT2D eigenvalue weighted by Gasteiger charge is 2.52. The molecule has 1 unspecified atom stereocenters. The van der Waals surface area contributed by atoms with Gasteiger partial charge in [0.2, 0.25) is 5.54 Å². The number of hydrogen-bond acceptors (Lipinski definition) is 7. The van der Waals surface area contributed by atoms with Gasteiger partial charge in [-0.05, 0) is 50.9 Å². The van der Waals surface area contributed by atoms with Crippen molar-refractivity contribution < 1.29 is 19.1 Å². The fraction of sp³-hybridized carbons (Fsp3) is 0.235. The molecule has 0 aliphatic heterocycles. The molecule has 7 heteroatoms. The number of carbonyl (C=O) groups is 2. The number of nitrogens with one attached hydrogen (secondary N) is 1. The molecule has 0 heterocycles. The molecule has 5 N–H and O–H groups in total. The number of hydrogen-bond donors (Lipinski definition) is 3. The largest absolute Gasteiger partial charge is 0.463 e. The highest BCUT2D eigenvalue weighted by molar-refractivity contribution is 6.06. The molecule has 4 aromatic carbocycles.